The zero-order valence-corrected chi connectivity index (χ0v) is 14.8. The topological polar surface area (TPSA) is 38.9 Å². The molecule has 0 saturated carbocycles. The second-order valence-electron chi connectivity index (χ2n) is 5.45. The van der Waals surface area contributed by atoms with E-state index in [0.717, 1.165) is 10.5 Å². The van der Waals surface area contributed by atoms with Gasteiger partial charge in [0.1, 0.15) is 11.3 Å². The van der Waals surface area contributed by atoms with Gasteiger partial charge in [-0.2, -0.15) is 5.10 Å². The van der Waals surface area contributed by atoms with Crippen molar-refractivity contribution >= 4 is 33.8 Å². The van der Waals surface area contributed by atoms with Gasteiger partial charge in [0.15, 0.2) is 4.77 Å². The third kappa shape index (κ3) is 3.26. The highest BCUT2D eigenvalue weighted by Gasteiger charge is 2.17. The molecule has 0 unspecified atom stereocenters. The van der Waals surface area contributed by atoms with Crippen LogP contribution in [0.1, 0.15) is 18.0 Å². The Balaban J connectivity index is 1.78. The molecule has 0 fully saturated rings. The van der Waals surface area contributed by atoms with Gasteiger partial charge < -0.3 is 4.57 Å². The predicted octanol–water partition coefficient (Wildman–Crippen LogP) is 3.86. The smallest absolute Gasteiger partial charge is 0.199 e. The fourth-order valence-corrected chi connectivity index (χ4v) is 3.64. The average molecular weight is 345 g/mol. The Morgan fingerprint density at radius 1 is 1.43 bits per heavy atom. The molecule has 0 radical (unpaired) electrons. The molecule has 1 atom stereocenters. The van der Waals surface area contributed by atoms with Gasteiger partial charge in [-0.05, 0) is 38.3 Å². The van der Waals surface area contributed by atoms with Crippen LogP contribution < -0.4 is 0 Å². The minimum absolute atomic E-state index is 0.193. The first-order chi connectivity index (χ1) is 11.1. The molecule has 5 nitrogen and oxygen atoms in total. The van der Waals surface area contributed by atoms with Gasteiger partial charge in [-0.1, -0.05) is 18.2 Å². The summed E-state index contributed by atoms with van der Waals surface area (Å²) in [7, 11) is 2.06. The molecule has 0 amide bonds. The van der Waals surface area contributed by atoms with Crippen LogP contribution in [0, 0.1) is 4.77 Å². The molecule has 0 aliphatic heterocycles. The lowest BCUT2D eigenvalue weighted by molar-refractivity contribution is 0.194. The number of allylic oxidation sites excluding steroid dienone is 1. The van der Waals surface area contributed by atoms with E-state index >= 15 is 0 Å². The van der Waals surface area contributed by atoms with Crippen molar-refractivity contribution in [2.24, 2.45) is 0 Å². The summed E-state index contributed by atoms with van der Waals surface area (Å²) in [4.78, 5) is 6.93. The Bertz CT molecular complexity index is 843. The number of thiazole rings is 1. The first-order valence-electron chi connectivity index (χ1n) is 7.39. The minimum Gasteiger partial charge on any atom is -0.303 e. The highest BCUT2D eigenvalue weighted by atomic mass is 32.1. The van der Waals surface area contributed by atoms with E-state index in [9.17, 15) is 0 Å². The molecular formula is C16H19N5S2. The monoisotopic (exact) mass is 345 g/mol. The summed E-state index contributed by atoms with van der Waals surface area (Å²) in [6.45, 7) is 7.19. The molecule has 0 aliphatic rings. The summed E-state index contributed by atoms with van der Waals surface area (Å²) >= 11 is 7.18. The largest absolute Gasteiger partial charge is 0.303 e. The standard InChI is InChI=1S/C16H19N5S2/c1-4-9-20-10-17-21(16(20)22)11-19(3)12(2)15-18-13-7-5-6-8-14(13)23-15/h4-8,10,12H,1,9,11H2,2-3H3/t12-/m1/s1. The Labute approximate surface area is 144 Å². The first kappa shape index (κ1) is 16.0. The van der Waals surface area contributed by atoms with E-state index in [-0.39, 0.29) is 6.04 Å². The number of fused-ring (bicyclic) bond motifs is 1. The van der Waals surface area contributed by atoms with Crippen LogP contribution in [0.3, 0.4) is 0 Å². The van der Waals surface area contributed by atoms with Crippen LogP contribution in [0.2, 0.25) is 0 Å². The molecule has 7 heteroatoms. The Morgan fingerprint density at radius 2 is 2.22 bits per heavy atom. The van der Waals surface area contributed by atoms with E-state index in [1.54, 1.807) is 17.7 Å². The van der Waals surface area contributed by atoms with E-state index in [4.69, 9.17) is 17.2 Å². The fourth-order valence-electron chi connectivity index (χ4n) is 2.32. The van der Waals surface area contributed by atoms with E-state index in [0.29, 0.717) is 18.0 Å². The molecule has 0 saturated heterocycles. The summed E-state index contributed by atoms with van der Waals surface area (Å²) in [6, 6.07) is 8.42. The van der Waals surface area contributed by atoms with Crippen molar-refractivity contribution in [1.82, 2.24) is 24.2 Å². The minimum atomic E-state index is 0.193. The average Bonchev–Trinajstić information content (AvgIpc) is 3.12. The SMILES string of the molecule is C=CCn1cnn(CN(C)[C@H](C)c2nc3ccccc3s2)c1=S. The maximum atomic E-state index is 5.44. The lowest BCUT2D eigenvalue weighted by Gasteiger charge is -2.22. The van der Waals surface area contributed by atoms with E-state index < -0.39 is 0 Å². The Morgan fingerprint density at radius 3 is 2.96 bits per heavy atom. The van der Waals surface area contributed by atoms with Crippen molar-refractivity contribution in [1.29, 1.82) is 0 Å². The van der Waals surface area contributed by atoms with Crippen LogP contribution in [0.25, 0.3) is 10.2 Å². The van der Waals surface area contributed by atoms with E-state index in [1.807, 2.05) is 27.5 Å². The molecule has 23 heavy (non-hydrogen) atoms. The lowest BCUT2D eigenvalue weighted by atomic mass is 10.3. The fraction of sp³-hybridized carbons (Fsp3) is 0.312. The predicted molar refractivity (Wildman–Crippen MR) is 97.0 cm³/mol. The van der Waals surface area contributed by atoms with Crippen LogP contribution in [0.15, 0.2) is 43.2 Å². The molecule has 1 aromatic carbocycles. The maximum absolute atomic E-state index is 5.44. The van der Waals surface area contributed by atoms with E-state index in [2.05, 4.69) is 42.7 Å². The summed E-state index contributed by atoms with van der Waals surface area (Å²) in [5.41, 5.74) is 1.06. The van der Waals surface area contributed by atoms with Gasteiger partial charge in [0.25, 0.3) is 0 Å². The number of para-hydroxylation sites is 1. The molecule has 3 aromatic rings. The zero-order chi connectivity index (χ0) is 16.4. The summed E-state index contributed by atoms with van der Waals surface area (Å²) in [5, 5.41) is 5.46. The highest BCUT2D eigenvalue weighted by Crippen LogP contribution is 2.28. The summed E-state index contributed by atoms with van der Waals surface area (Å²) in [6.07, 6.45) is 3.56. The van der Waals surface area contributed by atoms with Crippen molar-refractivity contribution in [3.63, 3.8) is 0 Å². The molecule has 120 valence electrons. The molecule has 0 N–H and O–H groups in total. The molecule has 3 rings (SSSR count). The second-order valence-corrected chi connectivity index (χ2v) is 6.88. The molecule has 2 aromatic heterocycles. The Hall–Kier alpha value is -1.83. The molecule has 0 spiro atoms. The van der Waals surface area contributed by atoms with Crippen molar-refractivity contribution < 1.29 is 0 Å². The normalized spacial score (nSPS) is 12.8. The van der Waals surface area contributed by atoms with Gasteiger partial charge in [0, 0.05) is 6.54 Å². The Kier molecular flexibility index (Phi) is 4.70. The van der Waals surface area contributed by atoms with Crippen LogP contribution in [0.4, 0.5) is 0 Å². The molecular weight excluding hydrogens is 326 g/mol. The number of rotatable bonds is 6. The van der Waals surface area contributed by atoms with Gasteiger partial charge in [-0.3, -0.25) is 4.90 Å². The number of aromatic nitrogens is 4. The van der Waals surface area contributed by atoms with Crippen LogP contribution in [0.5, 0.6) is 0 Å². The van der Waals surface area contributed by atoms with Gasteiger partial charge in [0.05, 0.1) is 22.9 Å². The number of hydrogen-bond acceptors (Lipinski definition) is 5. The van der Waals surface area contributed by atoms with Crippen molar-refractivity contribution in [2.45, 2.75) is 26.2 Å². The number of hydrogen-bond donors (Lipinski definition) is 0. The highest BCUT2D eigenvalue weighted by molar-refractivity contribution is 7.71. The number of benzene rings is 1. The van der Waals surface area contributed by atoms with E-state index in [1.165, 1.54) is 4.70 Å². The zero-order valence-electron chi connectivity index (χ0n) is 13.2. The third-order valence-corrected chi connectivity index (χ3v) is 5.46. The lowest BCUT2D eigenvalue weighted by Crippen LogP contribution is -2.26. The molecule has 2 heterocycles. The van der Waals surface area contributed by atoms with Gasteiger partial charge in [-0.15, -0.1) is 17.9 Å². The molecule has 0 bridgehead atoms. The first-order valence-corrected chi connectivity index (χ1v) is 8.61. The number of nitrogens with zero attached hydrogens (tertiary/aromatic N) is 5. The van der Waals surface area contributed by atoms with Crippen LogP contribution >= 0.6 is 23.6 Å². The van der Waals surface area contributed by atoms with Gasteiger partial charge >= 0.3 is 0 Å². The van der Waals surface area contributed by atoms with Crippen LogP contribution in [-0.2, 0) is 13.2 Å². The van der Waals surface area contributed by atoms with Crippen molar-refractivity contribution in [3.05, 3.63) is 53.0 Å². The van der Waals surface area contributed by atoms with Gasteiger partial charge in [0.2, 0.25) is 0 Å². The summed E-state index contributed by atoms with van der Waals surface area (Å²) < 4.78 is 5.64. The molecule has 0 aliphatic carbocycles. The summed E-state index contributed by atoms with van der Waals surface area (Å²) in [5.74, 6) is 0. The van der Waals surface area contributed by atoms with Crippen molar-refractivity contribution in [2.75, 3.05) is 7.05 Å². The maximum Gasteiger partial charge on any atom is 0.199 e. The second kappa shape index (κ2) is 6.74. The quantitative estimate of drug-likeness (QED) is 0.502. The van der Waals surface area contributed by atoms with Crippen LogP contribution in [-0.4, -0.2) is 31.3 Å². The van der Waals surface area contributed by atoms with Gasteiger partial charge in [-0.25, -0.2) is 9.67 Å². The van der Waals surface area contributed by atoms with Crippen molar-refractivity contribution in [3.8, 4) is 0 Å². The third-order valence-electron chi connectivity index (χ3n) is 3.81.